The number of nitrogens with zero attached hydrogens (tertiary/aromatic N) is 2. The number of imidazole rings is 1. The van der Waals surface area contributed by atoms with E-state index in [0.717, 1.165) is 0 Å². The maximum atomic E-state index is 12.2. The summed E-state index contributed by atoms with van der Waals surface area (Å²) < 4.78 is 26.1. The van der Waals surface area contributed by atoms with Crippen LogP contribution < -0.4 is 5.32 Å². The molecule has 0 radical (unpaired) electrons. The van der Waals surface area contributed by atoms with Crippen molar-refractivity contribution in [3.63, 3.8) is 0 Å². The molecule has 2 rings (SSSR count). The first-order valence-corrected chi connectivity index (χ1v) is 4.60. The number of alkyl halides is 2. The Morgan fingerprint density at radius 3 is 3.00 bits per heavy atom. The Bertz CT molecular complexity index is 495. The molecule has 6 heteroatoms. The van der Waals surface area contributed by atoms with Crippen LogP contribution in [0.25, 0.3) is 5.65 Å². The molecule has 2 heterocycles. The van der Waals surface area contributed by atoms with Gasteiger partial charge in [-0.25, -0.2) is 13.8 Å². The Kier molecular flexibility index (Phi) is 2.59. The molecule has 0 saturated carbocycles. The average Bonchev–Trinajstić information content (AvgIpc) is 2.66. The molecule has 78 valence electrons. The van der Waals surface area contributed by atoms with E-state index in [1.807, 2.05) is 0 Å². The highest BCUT2D eigenvalue weighted by Gasteiger charge is 2.12. The highest BCUT2D eigenvalue weighted by Crippen LogP contribution is 2.15. The summed E-state index contributed by atoms with van der Waals surface area (Å²) in [4.78, 5) is 3.53. The van der Waals surface area contributed by atoms with Crippen LogP contribution in [0, 0.1) is 0 Å². The number of nitrogens with one attached hydrogen (secondary N) is 1. The Morgan fingerprint density at radius 1 is 1.47 bits per heavy atom. The van der Waals surface area contributed by atoms with Gasteiger partial charge in [0.25, 0.3) is 6.43 Å². The van der Waals surface area contributed by atoms with E-state index < -0.39 is 11.4 Å². The summed E-state index contributed by atoms with van der Waals surface area (Å²) >= 11 is 4.50. The standard InChI is InChI=1S/C9H7F2N3S/c10-7(11)9(15)13-6-2-1-4-14-5-3-12-8(6)14/h1-5,7H,(H,13,15). The van der Waals surface area contributed by atoms with E-state index in [2.05, 4.69) is 22.5 Å². The molecule has 0 unspecified atom stereocenters. The summed E-state index contributed by atoms with van der Waals surface area (Å²) in [5.74, 6) is 0. The van der Waals surface area contributed by atoms with Gasteiger partial charge in [-0.2, -0.15) is 0 Å². The molecule has 0 aliphatic carbocycles. The molecule has 0 bridgehead atoms. The zero-order valence-corrected chi connectivity index (χ0v) is 8.34. The smallest absolute Gasteiger partial charge is 0.288 e. The van der Waals surface area contributed by atoms with Gasteiger partial charge in [0, 0.05) is 18.6 Å². The van der Waals surface area contributed by atoms with E-state index >= 15 is 0 Å². The fraction of sp³-hybridized carbons (Fsp3) is 0.111. The van der Waals surface area contributed by atoms with E-state index in [-0.39, 0.29) is 0 Å². The van der Waals surface area contributed by atoms with Gasteiger partial charge < -0.3 is 9.72 Å². The molecule has 0 atom stereocenters. The lowest BCUT2D eigenvalue weighted by Gasteiger charge is -2.07. The number of hydrogen-bond donors (Lipinski definition) is 1. The molecule has 0 spiro atoms. The molecule has 15 heavy (non-hydrogen) atoms. The largest absolute Gasteiger partial charge is 0.342 e. The molecule has 0 amide bonds. The lowest BCUT2D eigenvalue weighted by molar-refractivity contribution is 0.228. The maximum Gasteiger partial charge on any atom is 0.288 e. The number of anilines is 1. The molecule has 2 aromatic heterocycles. The summed E-state index contributed by atoms with van der Waals surface area (Å²) in [5.41, 5.74) is 1.05. The summed E-state index contributed by atoms with van der Waals surface area (Å²) in [6, 6.07) is 3.38. The number of hydrogen-bond acceptors (Lipinski definition) is 2. The topological polar surface area (TPSA) is 29.3 Å². The van der Waals surface area contributed by atoms with Crippen LogP contribution >= 0.6 is 12.2 Å². The molecule has 0 fully saturated rings. The molecule has 1 N–H and O–H groups in total. The first-order chi connectivity index (χ1) is 7.18. The van der Waals surface area contributed by atoms with Gasteiger partial charge in [0.05, 0.1) is 5.69 Å². The monoisotopic (exact) mass is 227 g/mol. The SMILES string of the molecule is FC(F)C(=S)Nc1cccn2ccnc12. The second-order valence-electron chi connectivity index (χ2n) is 2.87. The second kappa shape index (κ2) is 3.90. The summed E-state index contributed by atoms with van der Waals surface area (Å²) in [6.45, 7) is 0. The highest BCUT2D eigenvalue weighted by atomic mass is 32.1. The minimum atomic E-state index is -2.66. The Morgan fingerprint density at radius 2 is 2.27 bits per heavy atom. The van der Waals surface area contributed by atoms with Crippen molar-refractivity contribution in [1.29, 1.82) is 0 Å². The Balaban J connectivity index is 2.35. The third-order valence-corrected chi connectivity index (χ3v) is 2.16. The second-order valence-corrected chi connectivity index (χ2v) is 3.31. The van der Waals surface area contributed by atoms with Gasteiger partial charge in [-0.15, -0.1) is 0 Å². The predicted molar refractivity (Wildman–Crippen MR) is 57.4 cm³/mol. The number of pyridine rings is 1. The van der Waals surface area contributed by atoms with Crippen LogP contribution in [0.3, 0.4) is 0 Å². The third-order valence-electron chi connectivity index (χ3n) is 1.88. The molecular weight excluding hydrogens is 220 g/mol. The van der Waals surface area contributed by atoms with Crippen molar-refractivity contribution >= 4 is 28.5 Å². The van der Waals surface area contributed by atoms with Crippen LogP contribution in [0.15, 0.2) is 30.7 Å². The van der Waals surface area contributed by atoms with Crippen LogP contribution in [-0.4, -0.2) is 20.8 Å². The van der Waals surface area contributed by atoms with Crippen molar-refractivity contribution in [2.45, 2.75) is 6.43 Å². The fourth-order valence-corrected chi connectivity index (χ4v) is 1.34. The van der Waals surface area contributed by atoms with Crippen molar-refractivity contribution in [1.82, 2.24) is 9.38 Å². The number of rotatable bonds is 2. The van der Waals surface area contributed by atoms with Crippen molar-refractivity contribution < 1.29 is 8.78 Å². The molecule has 0 aliphatic heterocycles. The number of halogens is 2. The van der Waals surface area contributed by atoms with Crippen LogP contribution in [0.4, 0.5) is 14.5 Å². The summed E-state index contributed by atoms with van der Waals surface area (Å²) in [6.07, 6.45) is 2.44. The first-order valence-electron chi connectivity index (χ1n) is 4.19. The zero-order chi connectivity index (χ0) is 10.8. The summed E-state index contributed by atoms with van der Waals surface area (Å²) in [5, 5.41) is 2.47. The lowest BCUT2D eigenvalue weighted by atomic mass is 10.4. The number of thiocarbonyl (C=S) groups is 1. The van der Waals surface area contributed by atoms with Gasteiger partial charge in [0.15, 0.2) is 5.65 Å². The van der Waals surface area contributed by atoms with E-state index in [0.29, 0.717) is 11.3 Å². The van der Waals surface area contributed by atoms with Crippen LogP contribution in [-0.2, 0) is 0 Å². The Labute approximate surface area is 89.7 Å². The van der Waals surface area contributed by atoms with Crippen molar-refractivity contribution in [2.24, 2.45) is 0 Å². The predicted octanol–water partition coefficient (Wildman–Crippen LogP) is 2.34. The maximum absolute atomic E-state index is 12.2. The molecule has 2 aromatic rings. The van der Waals surface area contributed by atoms with Gasteiger partial charge in [0.1, 0.15) is 4.99 Å². The lowest BCUT2D eigenvalue weighted by Crippen LogP contribution is -2.18. The molecule has 0 saturated heterocycles. The van der Waals surface area contributed by atoms with Gasteiger partial charge in [0.2, 0.25) is 0 Å². The van der Waals surface area contributed by atoms with Gasteiger partial charge in [-0.05, 0) is 12.1 Å². The minimum absolute atomic E-state index is 0.479. The van der Waals surface area contributed by atoms with Crippen LogP contribution in [0.2, 0.25) is 0 Å². The van der Waals surface area contributed by atoms with E-state index in [1.54, 1.807) is 35.1 Å². The van der Waals surface area contributed by atoms with Crippen molar-refractivity contribution in [3.8, 4) is 0 Å². The molecule has 0 aromatic carbocycles. The number of fused-ring (bicyclic) bond motifs is 1. The van der Waals surface area contributed by atoms with Gasteiger partial charge in [-0.1, -0.05) is 12.2 Å². The minimum Gasteiger partial charge on any atom is -0.342 e. The highest BCUT2D eigenvalue weighted by molar-refractivity contribution is 7.80. The van der Waals surface area contributed by atoms with Gasteiger partial charge in [-0.3, -0.25) is 0 Å². The number of aromatic nitrogens is 2. The molecule has 3 nitrogen and oxygen atoms in total. The average molecular weight is 227 g/mol. The fourth-order valence-electron chi connectivity index (χ4n) is 1.23. The Hall–Kier alpha value is -1.56. The van der Waals surface area contributed by atoms with E-state index in [1.165, 1.54) is 0 Å². The zero-order valence-electron chi connectivity index (χ0n) is 7.52. The van der Waals surface area contributed by atoms with E-state index in [9.17, 15) is 8.78 Å². The van der Waals surface area contributed by atoms with E-state index in [4.69, 9.17) is 0 Å². The van der Waals surface area contributed by atoms with Crippen molar-refractivity contribution in [2.75, 3.05) is 5.32 Å². The molecule has 0 aliphatic rings. The first kappa shape index (κ1) is 9.97. The summed E-state index contributed by atoms with van der Waals surface area (Å²) in [7, 11) is 0. The third kappa shape index (κ3) is 1.94. The van der Waals surface area contributed by atoms with Crippen molar-refractivity contribution in [3.05, 3.63) is 30.7 Å². The molecular formula is C9H7F2N3S. The normalized spacial score (nSPS) is 10.9. The van der Waals surface area contributed by atoms with Crippen LogP contribution in [0.5, 0.6) is 0 Å². The van der Waals surface area contributed by atoms with Crippen LogP contribution in [0.1, 0.15) is 0 Å². The quantitative estimate of drug-likeness (QED) is 0.798. The van der Waals surface area contributed by atoms with Gasteiger partial charge >= 0.3 is 0 Å².